The summed E-state index contributed by atoms with van der Waals surface area (Å²) in [5, 5.41) is 8.40. The quantitative estimate of drug-likeness (QED) is 0.674. The molecular weight excluding hydrogens is 212 g/mol. The Bertz CT molecular complexity index is 684. The van der Waals surface area contributed by atoms with Crippen LogP contribution in [0.15, 0.2) is 24.3 Å². The van der Waals surface area contributed by atoms with E-state index in [4.69, 9.17) is 0 Å². The summed E-state index contributed by atoms with van der Waals surface area (Å²) in [4.78, 5) is 4.68. The van der Waals surface area contributed by atoms with Crippen LogP contribution < -0.4 is 0 Å². The summed E-state index contributed by atoms with van der Waals surface area (Å²) in [5.74, 6) is 0.913. The van der Waals surface area contributed by atoms with Gasteiger partial charge in [0.15, 0.2) is 5.65 Å². The fraction of sp³-hybridized carbons (Fsp3) is 0.308. The van der Waals surface area contributed by atoms with Crippen molar-refractivity contribution in [3.63, 3.8) is 0 Å². The zero-order chi connectivity index (χ0) is 11.8. The number of fused-ring (bicyclic) bond motifs is 3. The van der Waals surface area contributed by atoms with Crippen molar-refractivity contribution in [1.82, 2.24) is 19.6 Å². The van der Waals surface area contributed by atoms with Gasteiger partial charge in [0.2, 0.25) is 0 Å². The van der Waals surface area contributed by atoms with Crippen molar-refractivity contribution >= 4 is 16.7 Å². The molecule has 0 aliphatic heterocycles. The standard InChI is InChI=1S/C13H14N4/c1-3-6-11-13-16-15-9(2)17(13)12-8-5-4-7-10(12)14-11/h4-5,7-8H,3,6H2,1-2H3. The lowest BCUT2D eigenvalue weighted by Crippen LogP contribution is -2.00. The van der Waals surface area contributed by atoms with Gasteiger partial charge in [0.05, 0.1) is 16.7 Å². The first-order valence-corrected chi connectivity index (χ1v) is 5.90. The van der Waals surface area contributed by atoms with Crippen LogP contribution in [0.5, 0.6) is 0 Å². The third-order valence-electron chi connectivity index (χ3n) is 2.95. The molecule has 0 atom stereocenters. The third-order valence-corrected chi connectivity index (χ3v) is 2.95. The molecule has 0 aliphatic rings. The van der Waals surface area contributed by atoms with E-state index in [1.807, 2.05) is 25.1 Å². The van der Waals surface area contributed by atoms with Crippen molar-refractivity contribution in [2.45, 2.75) is 26.7 Å². The van der Waals surface area contributed by atoms with Gasteiger partial charge >= 0.3 is 0 Å². The molecule has 3 rings (SSSR count). The lowest BCUT2D eigenvalue weighted by molar-refractivity contribution is 0.884. The molecular formula is C13H14N4. The largest absolute Gasteiger partial charge is 0.276 e. The van der Waals surface area contributed by atoms with E-state index in [2.05, 4.69) is 32.6 Å². The molecule has 2 heterocycles. The minimum absolute atomic E-state index is 0.892. The zero-order valence-electron chi connectivity index (χ0n) is 10.0. The van der Waals surface area contributed by atoms with E-state index in [1.54, 1.807) is 0 Å². The van der Waals surface area contributed by atoms with Crippen LogP contribution in [0.1, 0.15) is 24.9 Å². The number of para-hydroxylation sites is 2. The van der Waals surface area contributed by atoms with E-state index in [0.29, 0.717) is 0 Å². The minimum Gasteiger partial charge on any atom is -0.276 e. The Morgan fingerprint density at radius 1 is 1.18 bits per heavy atom. The predicted molar refractivity (Wildman–Crippen MR) is 67.0 cm³/mol. The molecule has 0 fully saturated rings. The summed E-state index contributed by atoms with van der Waals surface area (Å²) in [6.07, 6.45) is 2.00. The average molecular weight is 226 g/mol. The van der Waals surface area contributed by atoms with Gasteiger partial charge in [0.1, 0.15) is 5.82 Å². The first-order chi connectivity index (χ1) is 8.31. The van der Waals surface area contributed by atoms with Crippen LogP contribution in [-0.4, -0.2) is 19.6 Å². The summed E-state index contributed by atoms with van der Waals surface area (Å²) < 4.78 is 2.09. The van der Waals surface area contributed by atoms with Gasteiger partial charge in [-0.25, -0.2) is 4.98 Å². The lowest BCUT2D eigenvalue weighted by Gasteiger charge is -2.06. The Kier molecular flexibility index (Phi) is 2.28. The summed E-state index contributed by atoms with van der Waals surface area (Å²) >= 11 is 0. The molecule has 0 saturated heterocycles. The molecule has 0 N–H and O–H groups in total. The Hall–Kier alpha value is -1.97. The summed E-state index contributed by atoms with van der Waals surface area (Å²) in [7, 11) is 0. The van der Waals surface area contributed by atoms with Gasteiger partial charge in [-0.15, -0.1) is 10.2 Å². The maximum Gasteiger partial charge on any atom is 0.183 e. The molecule has 17 heavy (non-hydrogen) atoms. The number of hydrogen-bond acceptors (Lipinski definition) is 3. The van der Waals surface area contributed by atoms with Gasteiger partial charge in [0.25, 0.3) is 0 Å². The second-order valence-corrected chi connectivity index (χ2v) is 4.20. The number of rotatable bonds is 2. The number of benzene rings is 1. The molecule has 0 bridgehead atoms. The van der Waals surface area contributed by atoms with Gasteiger partial charge in [0, 0.05) is 0 Å². The van der Waals surface area contributed by atoms with Gasteiger partial charge in [-0.1, -0.05) is 25.5 Å². The highest BCUT2D eigenvalue weighted by Gasteiger charge is 2.11. The number of aromatic nitrogens is 4. The Labute approximate surface area is 99.3 Å². The van der Waals surface area contributed by atoms with Gasteiger partial charge in [-0.3, -0.25) is 4.40 Å². The van der Waals surface area contributed by atoms with E-state index >= 15 is 0 Å². The maximum absolute atomic E-state index is 4.68. The first-order valence-electron chi connectivity index (χ1n) is 5.90. The number of hydrogen-bond donors (Lipinski definition) is 0. The van der Waals surface area contributed by atoms with Crippen LogP contribution in [-0.2, 0) is 6.42 Å². The summed E-state index contributed by atoms with van der Waals surface area (Å²) in [6.45, 7) is 4.12. The first kappa shape index (κ1) is 10.2. The summed E-state index contributed by atoms with van der Waals surface area (Å²) in [5.41, 5.74) is 4.01. The number of aryl methyl sites for hydroxylation is 2. The van der Waals surface area contributed by atoms with E-state index in [-0.39, 0.29) is 0 Å². The molecule has 0 spiro atoms. The molecule has 1 aromatic carbocycles. The molecule has 0 radical (unpaired) electrons. The molecule has 2 aromatic heterocycles. The maximum atomic E-state index is 4.68. The van der Waals surface area contributed by atoms with E-state index in [1.165, 1.54) is 0 Å². The third kappa shape index (κ3) is 1.48. The molecule has 4 heteroatoms. The Morgan fingerprint density at radius 2 is 2.00 bits per heavy atom. The van der Waals surface area contributed by atoms with Crippen LogP contribution in [0.3, 0.4) is 0 Å². The molecule has 4 nitrogen and oxygen atoms in total. The second-order valence-electron chi connectivity index (χ2n) is 4.20. The highest BCUT2D eigenvalue weighted by Crippen LogP contribution is 2.18. The number of nitrogens with zero attached hydrogens (tertiary/aromatic N) is 4. The molecule has 3 aromatic rings. The lowest BCUT2D eigenvalue weighted by atomic mass is 10.2. The van der Waals surface area contributed by atoms with Crippen molar-refractivity contribution in [1.29, 1.82) is 0 Å². The smallest absolute Gasteiger partial charge is 0.183 e. The molecule has 0 amide bonds. The second kappa shape index (κ2) is 3.80. The van der Waals surface area contributed by atoms with Crippen molar-refractivity contribution < 1.29 is 0 Å². The van der Waals surface area contributed by atoms with Crippen molar-refractivity contribution in [2.75, 3.05) is 0 Å². The van der Waals surface area contributed by atoms with E-state index < -0.39 is 0 Å². The fourth-order valence-electron chi connectivity index (χ4n) is 2.19. The van der Waals surface area contributed by atoms with Gasteiger partial charge < -0.3 is 0 Å². The molecule has 86 valence electrons. The highest BCUT2D eigenvalue weighted by atomic mass is 15.3. The SMILES string of the molecule is CCCc1nc2ccccc2n2c(C)nnc12. The highest BCUT2D eigenvalue weighted by molar-refractivity contribution is 5.78. The van der Waals surface area contributed by atoms with Crippen molar-refractivity contribution in [2.24, 2.45) is 0 Å². The fourth-order valence-corrected chi connectivity index (χ4v) is 2.19. The Morgan fingerprint density at radius 3 is 2.82 bits per heavy atom. The van der Waals surface area contributed by atoms with Crippen LogP contribution in [0.2, 0.25) is 0 Å². The summed E-state index contributed by atoms with van der Waals surface area (Å²) in [6, 6.07) is 8.12. The van der Waals surface area contributed by atoms with Crippen LogP contribution in [0.4, 0.5) is 0 Å². The molecule has 0 unspecified atom stereocenters. The van der Waals surface area contributed by atoms with E-state index in [9.17, 15) is 0 Å². The Balaban J connectivity index is 2.48. The van der Waals surface area contributed by atoms with Gasteiger partial charge in [-0.2, -0.15) is 0 Å². The molecule has 0 aliphatic carbocycles. The van der Waals surface area contributed by atoms with Crippen molar-refractivity contribution in [3.05, 3.63) is 35.8 Å². The zero-order valence-corrected chi connectivity index (χ0v) is 10.0. The molecule has 0 saturated carbocycles. The van der Waals surface area contributed by atoms with Crippen LogP contribution in [0.25, 0.3) is 16.7 Å². The normalized spacial score (nSPS) is 11.4. The monoisotopic (exact) mass is 226 g/mol. The van der Waals surface area contributed by atoms with E-state index in [0.717, 1.165) is 41.0 Å². The minimum atomic E-state index is 0.892. The predicted octanol–water partition coefficient (Wildman–Crippen LogP) is 2.54. The topological polar surface area (TPSA) is 43.1 Å². The van der Waals surface area contributed by atoms with Crippen LogP contribution >= 0.6 is 0 Å². The van der Waals surface area contributed by atoms with Crippen LogP contribution in [0, 0.1) is 6.92 Å². The van der Waals surface area contributed by atoms with Crippen molar-refractivity contribution in [3.8, 4) is 0 Å². The average Bonchev–Trinajstić information content (AvgIpc) is 2.73. The van der Waals surface area contributed by atoms with Gasteiger partial charge in [-0.05, 0) is 25.5 Å².